The van der Waals surface area contributed by atoms with Gasteiger partial charge >= 0.3 is 0 Å². The highest BCUT2D eigenvalue weighted by Crippen LogP contribution is 2.27. The predicted molar refractivity (Wildman–Crippen MR) is 69.4 cm³/mol. The van der Waals surface area contributed by atoms with Crippen molar-refractivity contribution >= 4 is 0 Å². The van der Waals surface area contributed by atoms with Gasteiger partial charge in [0.05, 0.1) is 0 Å². The SMILES string of the molecule is Cc1ccc(C)c(-c2cc(-c3noc(C)n3)no2)c1. The number of aryl methyl sites for hydroxylation is 3. The highest BCUT2D eigenvalue weighted by atomic mass is 16.5. The Balaban J connectivity index is 2.03. The van der Waals surface area contributed by atoms with Crippen molar-refractivity contribution in [2.24, 2.45) is 0 Å². The van der Waals surface area contributed by atoms with Crippen molar-refractivity contribution < 1.29 is 9.05 Å². The highest BCUT2D eigenvalue weighted by molar-refractivity contribution is 5.66. The Kier molecular flexibility index (Phi) is 2.67. The van der Waals surface area contributed by atoms with Crippen molar-refractivity contribution in [2.75, 3.05) is 0 Å². The van der Waals surface area contributed by atoms with Crippen LogP contribution in [0.3, 0.4) is 0 Å². The number of hydrogen-bond acceptors (Lipinski definition) is 5. The first kappa shape index (κ1) is 11.6. The molecule has 2 aromatic heterocycles. The zero-order chi connectivity index (χ0) is 13.4. The second-order valence-electron chi connectivity index (χ2n) is 4.53. The van der Waals surface area contributed by atoms with Gasteiger partial charge in [-0.3, -0.25) is 0 Å². The molecule has 2 heterocycles. The van der Waals surface area contributed by atoms with E-state index in [1.54, 1.807) is 6.92 Å². The molecule has 5 heteroatoms. The molecule has 0 radical (unpaired) electrons. The Hall–Kier alpha value is -2.43. The summed E-state index contributed by atoms with van der Waals surface area (Å²) in [5.74, 6) is 1.66. The Morgan fingerprint density at radius 1 is 0.947 bits per heavy atom. The molecule has 0 aliphatic heterocycles. The molecular formula is C14H13N3O2. The van der Waals surface area contributed by atoms with Gasteiger partial charge in [0.25, 0.3) is 0 Å². The molecule has 3 aromatic rings. The first-order valence-electron chi connectivity index (χ1n) is 5.98. The zero-order valence-electron chi connectivity index (χ0n) is 11.0. The summed E-state index contributed by atoms with van der Waals surface area (Å²) in [5, 5.41) is 7.81. The molecule has 1 aromatic carbocycles. The van der Waals surface area contributed by atoms with Crippen LogP contribution in [0.25, 0.3) is 22.8 Å². The molecule has 0 saturated carbocycles. The van der Waals surface area contributed by atoms with Crippen molar-refractivity contribution in [3.05, 3.63) is 41.3 Å². The van der Waals surface area contributed by atoms with E-state index in [1.807, 2.05) is 19.9 Å². The van der Waals surface area contributed by atoms with Crippen molar-refractivity contribution in [1.29, 1.82) is 0 Å². The maximum atomic E-state index is 5.38. The van der Waals surface area contributed by atoms with E-state index in [-0.39, 0.29) is 0 Å². The summed E-state index contributed by atoms with van der Waals surface area (Å²) in [5.41, 5.74) is 3.92. The summed E-state index contributed by atoms with van der Waals surface area (Å²) < 4.78 is 10.3. The summed E-state index contributed by atoms with van der Waals surface area (Å²) in [6.45, 7) is 5.82. The van der Waals surface area contributed by atoms with Crippen molar-refractivity contribution in [1.82, 2.24) is 15.3 Å². The largest absolute Gasteiger partial charge is 0.356 e. The third-order valence-electron chi connectivity index (χ3n) is 2.93. The van der Waals surface area contributed by atoms with E-state index < -0.39 is 0 Å². The smallest absolute Gasteiger partial charge is 0.224 e. The monoisotopic (exact) mass is 255 g/mol. The average Bonchev–Trinajstić information content (AvgIpc) is 3.00. The molecule has 0 amide bonds. The molecule has 0 unspecified atom stereocenters. The van der Waals surface area contributed by atoms with Gasteiger partial charge in [0.15, 0.2) is 11.5 Å². The molecule has 0 N–H and O–H groups in total. The standard InChI is InChI=1S/C14H13N3O2/c1-8-4-5-9(2)11(6-8)13-7-12(16-19-13)14-15-10(3)18-17-14/h4-7H,1-3H3. The van der Waals surface area contributed by atoms with Crippen LogP contribution in [0, 0.1) is 20.8 Å². The summed E-state index contributed by atoms with van der Waals surface area (Å²) in [6, 6.07) is 8.02. The number of benzene rings is 1. The minimum absolute atomic E-state index is 0.442. The van der Waals surface area contributed by atoms with Crippen LogP contribution in [0.1, 0.15) is 17.0 Å². The summed E-state index contributed by atoms with van der Waals surface area (Å²) in [4.78, 5) is 4.13. The first-order chi connectivity index (χ1) is 9.13. The van der Waals surface area contributed by atoms with Gasteiger partial charge in [-0.05, 0) is 25.5 Å². The molecule has 3 rings (SSSR count). The molecular weight excluding hydrogens is 242 g/mol. The number of hydrogen-bond donors (Lipinski definition) is 0. The van der Waals surface area contributed by atoms with Gasteiger partial charge in [0.1, 0.15) is 0 Å². The van der Waals surface area contributed by atoms with E-state index in [0.717, 1.165) is 11.1 Å². The van der Waals surface area contributed by atoms with Gasteiger partial charge in [-0.25, -0.2) is 0 Å². The lowest BCUT2D eigenvalue weighted by atomic mass is 10.0. The van der Waals surface area contributed by atoms with Gasteiger partial charge in [0, 0.05) is 18.6 Å². The van der Waals surface area contributed by atoms with Crippen LogP contribution in [-0.4, -0.2) is 15.3 Å². The van der Waals surface area contributed by atoms with E-state index in [2.05, 4.69) is 33.5 Å². The topological polar surface area (TPSA) is 65.0 Å². The molecule has 0 bridgehead atoms. The maximum absolute atomic E-state index is 5.38. The van der Waals surface area contributed by atoms with E-state index in [4.69, 9.17) is 9.05 Å². The zero-order valence-corrected chi connectivity index (χ0v) is 11.0. The van der Waals surface area contributed by atoms with Crippen LogP contribution in [0.15, 0.2) is 33.3 Å². The summed E-state index contributed by atoms with van der Waals surface area (Å²) in [7, 11) is 0. The lowest BCUT2D eigenvalue weighted by Gasteiger charge is -2.02. The van der Waals surface area contributed by atoms with E-state index in [0.29, 0.717) is 23.2 Å². The third-order valence-corrected chi connectivity index (χ3v) is 2.93. The molecule has 5 nitrogen and oxygen atoms in total. The molecule has 19 heavy (non-hydrogen) atoms. The van der Waals surface area contributed by atoms with Gasteiger partial charge < -0.3 is 9.05 Å². The molecule has 96 valence electrons. The van der Waals surface area contributed by atoms with Crippen molar-refractivity contribution in [3.63, 3.8) is 0 Å². The average molecular weight is 255 g/mol. The van der Waals surface area contributed by atoms with Crippen LogP contribution >= 0.6 is 0 Å². The molecule has 0 spiro atoms. The van der Waals surface area contributed by atoms with Gasteiger partial charge in [-0.2, -0.15) is 4.98 Å². The Bertz CT molecular complexity index is 728. The fourth-order valence-electron chi connectivity index (χ4n) is 1.91. The minimum Gasteiger partial charge on any atom is -0.356 e. The van der Waals surface area contributed by atoms with Gasteiger partial charge in [-0.15, -0.1) is 0 Å². The van der Waals surface area contributed by atoms with Crippen molar-refractivity contribution in [2.45, 2.75) is 20.8 Å². The quantitative estimate of drug-likeness (QED) is 0.702. The number of rotatable bonds is 2. The Morgan fingerprint density at radius 3 is 2.53 bits per heavy atom. The molecule has 0 saturated heterocycles. The summed E-state index contributed by atoms with van der Waals surface area (Å²) in [6.07, 6.45) is 0. The third kappa shape index (κ3) is 2.14. The van der Waals surface area contributed by atoms with Crippen LogP contribution in [0.5, 0.6) is 0 Å². The Labute approximate surface area is 110 Å². The van der Waals surface area contributed by atoms with Crippen LogP contribution < -0.4 is 0 Å². The van der Waals surface area contributed by atoms with Gasteiger partial charge in [0.2, 0.25) is 11.7 Å². The first-order valence-corrected chi connectivity index (χ1v) is 5.98. The lowest BCUT2D eigenvalue weighted by molar-refractivity contribution is 0.393. The fourth-order valence-corrected chi connectivity index (χ4v) is 1.91. The number of nitrogens with zero attached hydrogens (tertiary/aromatic N) is 3. The molecule has 0 aliphatic carbocycles. The second-order valence-corrected chi connectivity index (χ2v) is 4.53. The maximum Gasteiger partial charge on any atom is 0.224 e. The lowest BCUT2D eigenvalue weighted by Crippen LogP contribution is -1.82. The van der Waals surface area contributed by atoms with Crippen molar-refractivity contribution in [3.8, 4) is 22.8 Å². The van der Waals surface area contributed by atoms with Crippen LogP contribution in [-0.2, 0) is 0 Å². The van der Waals surface area contributed by atoms with E-state index in [1.165, 1.54) is 5.56 Å². The minimum atomic E-state index is 0.442. The molecule has 0 aliphatic rings. The van der Waals surface area contributed by atoms with Crippen LogP contribution in [0.4, 0.5) is 0 Å². The highest BCUT2D eigenvalue weighted by Gasteiger charge is 2.14. The van der Waals surface area contributed by atoms with E-state index in [9.17, 15) is 0 Å². The predicted octanol–water partition coefficient (Wildman–Crippen LogP) is 3.32. The second kappa shape index (κ2) is 4.35. The molecule has 0 fully saturated rings. The Morgan fingerprint density at radius 2 is 1.79 bits per heavy atom. The van der Waals surface area contributed by atoms with E-state index >= 15 is 0 Å². The van der Waals surface area contributed by atoms with Crippen LogP contribution in [0.2, 0.25) is 0 Å². The summed E-state index contributed by atoms with van der Waals surface area (Å²) >= 11 is 0. The fraction of sp³-hybridized carbons (Fsp3) is 0.214. The number of aromatic nitrogens is 3. The molecule has 0 atom stereocenters. The van der Waals surface area contributed by atoms with Gasteiger partial charge in [-0.1, -0.05) is 28.0 Å². The normalized spacial score (nSPS) is 10.9.